The van der Waals surface area contributed by atoms with Crippen molar-refractivity contribution in [1.82, 2.24) is 10.2 Å². The van der Waals surface area contributed by atoms with E-state index in [1.807, 2.05) is 20.8 Å². The first kappa shape index (κ1) is 16.7. The first-order valence-electron chi connectivity index (χ1n) is 6.09. The maximum Gasteiger partial charge on any atom is 0.401 e. The highest BCUT2D eigenvalue weighted by Gasteiger charge is 2.34. The molecule has 17 heavy (non-hydrogen) atoms. The second-order valence-electron chi connectivity index (χ2n) is 5.56. The maximum atomic E-state index is 12.4. The van der Waals surface area contributed by atoms with Crippen LogP contribution in [0.25, 0.3) is 0 Å². The quantitative estimate of drug-likeness (QED) is 0.751. The van der Waals surface area contributed by atoms with Crippen LogP contribution in [0.2, 0.25) is 0 Å². The molecule has 0 aromatic carbocycles. The fourth-order valence-electron chi connectivity index (χ4n) is 1.72. The SMILES string of the molecule is CCNCC(C)(C)CN(CC(F)(F)F)C(C)C. The van der Waals surface area contributed by atoms with Gasteiger partial charge in [0.15, 0.2) is 0 Å². The monoisotopic (exact) mass is 254 g/mol. The van der Waals surface area contributed by atoms with Crippen LogP contribution in [0, 0.1) is 5.41 Å². The zero-order valence-electron chi connectivity index (χ0n) is 11.5. The second kappa shape index (κ2) is 6.59. The molecule has 0 unspecified atom stereocenters. The average Bonchev–Trinajstić information content (AvgIpc) is 2.11. The van der Waals surface area contributed by atoms with Gasteiger partial charge in [-0.15, -0.1) is 0 Å². The number of halogens is 3. The molecule has 0 bridgehead atoms. The van der Waals surface area contributed by atoms with Crippen LogP contribution >= 0.6 is 0 Å². The molecule has 0 heterocycles. The number of rotatable bonds is 7. The number of hydrogen-bond donors (Lipinski definition) is 1. The minimum atomic E-state index is -4.13. The third-order valence-electron chi connectivity index (χ3n) is 2.60. The van der Waals surface area contributed by atoms with Crippen LogP contribution in [-0.2, 0) is 0 Å². The van der Waals surface area contributed by atoms with Gasteiger partial charge >= 0.3 is 6.18 Å². The van der Waals surface area contributed by atoms with Crippen LogP contribution in [0.3, 0.4) is 0 Å². The zero-order chi connectivity index (χ0) is 13.7. The summed E-state index contributed by atoms with van der Waals surface area (Å²) in [6.07, 6.45) is -4.13. The highest BCUT2D eigenvalue weighted by atomic mass is 19.4. The van der Waals surface area contributed by atoms with Gasteiger partial charge in [0.1, 0.15) is 0 Å². The van der Waals surface area contributed by atoms with E-state index in [2.05, 4.69) is 5.32 Å². The van der Waals surface area contributed by atoms with Gasteiger partial charge in [0.05, 0.1) is 6.54 Å². The van der Waals surface area contributed by atoms with E-state index < -0.39 is 12.7 Å². The molecule has 0 aliphatic heterocycles. The standard InChI is InChI=1S/C12H25F3N2/c1-6-16-7-11(4,5)8-17(10(2)3)9-12(13,14)15/h10,16H,6-9H2,1-5H3. The number of nitrogens with one attached hydrogen (secondary N) is 1. The molecule has 0 amide bonds. The van der Waals surface area contributed by atoms with Crippen molar-refractivity contribution in [3.05, 3.63) is 0 Å². The van der Waals surface area contributed by atoms with E-state index in [1.54, 1.807) is 13.8 Å². The fourth-order valence-corrected chi connectivity index (χ4v) is 1.72. The predicted octanol–water partition coefficient (Wildman–Crippen LogP) is 2.89. The largest absolute Gasteiger partial charge is 0.401 e. The van der Waals surface area contributed by atoms with Gasteiger partial charge in [-0.2, -0.15) is 13.2 Å². The molecular formula is C12H25F3N2. The number of nitrogens with zero attached hydrogens (tertiary/aromatic N) is 1. The highest BCUT2D eigenvalue weighted by Crippen LogP contribution is 2.23. The smallest absolute Gasteiger partial charge is 0.316 e. The Morgan fingerprint density at radius 1 is 1.12 bits per heavy atom. The van der Waals surface area contributed by atoms with Crippen molar-refractivity contribution in [2.75, 3.05) is 26.2 Å². The summed E-state index contributed by atoms with van der Waals surface area (Å²) in [5.74, 6) is 0. The predicted molar refractivity (Wildman–Crippen MR) is 65.1 cm³/mol. The summed E-state index contributed by atoms with van der Waals surface area (Å²) in [5.41, 5.74) is -0.161. The van der Waals surface area contributed by atoms with Crippen LogP contribution in [0.5, 0.6) is 0 Å². The van der Waals surface area contributed by atoms with Gasteiger partial charge < -0.3 is 5.32 Å². The van der Waals surface area contributed by atoms with Crippen LogP contribution in [0.15, 0.2) is 0 Å². The van der Waals surface area contributed by atoms with E-state index in [9.17, 15) is 13.2 Å². The Morgan fingerprint density at radius 2 is 1.65 bits per heavy atom. The minimum Gasteiger partial charge on any atom is -0.316 e. The Morgan fingerprint density at radius 3 is 2.00 bits per heavy atom. The lowest BCUT2D eigenvalue weighted by Crippen LogP contribution is -2.46. The molecule has 0 aromatic rings. The Hall–Kier alpha value is -0.290. The Balaban J connectivity index is 4.43. The summed E-state index contributed by atoms with van der Waals surface area (Å²) in [5, 5.41) is 3.19. The van der Waals surface area contributed by atoms with E-state index in [0.717, 1.165) is 13.1 Å². The normalized spacial score (nSPS) is 13.8. The van der Waals surface area contributed by atoms with E-state index in [4.69, 9.17) is 0 Å². The molecule has 0 atom stereocenters. The van der Waals surface area contributed by atoms with E-state index in [1.165, 1.54) is 4.90 Å². The minimum absolute atomic E-state index is 0.0995. The van der Waals surface area contributed by atoms with E-state index in [0.29, 0.717) is 6.54 Å². The molecule has 2 nitrogen and oxygen atoms in total. The molecule has 0 fully saturated rings. The van der Waals surface area contributed by atoms with Crippen molar-refractivity contribution in [2.24, 2.45) is 5.41 Å². The van der Waals surface area contributed by atoms with Crippen molar-refractivity contribution >= 4 is 0 Å². The topological polar surface area (TPSA) is 15.3 Å². The molecule has 5 heteroatoms. The van der Waals surface area contributed by atoms with Crippen LogP contribution < -0.4 is 5.32 Å². The van der Waals surface area contributed by atoms with Crippen molar-refractivity contribution in [1.29, 1.82) is 0 Å². The molecular weight excluding hydrogens is 229 g/mol. The first-order chi connectivity index (χ1) is 7.57. The first-order valence-corrected chi connectivity index (χ1v) is 6.09. The van der Waals surface area contributed by atoms with Crippen molar-refractivity contribution in [3.63, 3.8) is 0 Å². The zero-order valence-corrected chi connectivity index (χ0v) is 11.5. The third kappa shape index (κ3) is 8.44. The van der Waals surface area contributed by atoms with E-state index in [-0.39, 0.29) is 11.5 Å². The summed E-state index contributed by atoms with van der Waals surface area (Å²) in [7, 11) is 0. The van der Waals surface area contributed by atoms with Gasteiger partial charge in [-0.05, 0) is 25.8 Å². The third-order valence-corrected chi connectivity index (χ3v) is 2.60. The molecule has 104 valence electrons. The highest BCUT2D eigenvalue weighted by molar-refractivity contribution is 4.79. The molecule has 0 spiro atoms. The van der Waals surface area contributed by atoms with Crippen molar-refractivity contribution in [2.45, 2.75) is 46.8 Å². The summed E-state index contributed by atoms with van der Waals surface area (Å²) in [6, 6.07) is -0.0995. The Kier molecular flexibility index (Phi) is 6.48. The van der Waals surface area contributed by atoms with Crippen LogP contribution in [0.4, 0.5) is 13.2 Å². The molecule has 0 aliphatic rings. The average molecular weight is 254 g/mol. The van der Waals surface area contributed by atoms with E-state index >= 15 is 0 Å². The molecule has 1 N–H and O–H groups in total. The van der Waals surface area contributed by atoms with Crippen LogP contribution in [0.1, 0.15) is 34.6 Å². The fraction of sp³-hybridized carbons (Fsp3) is 1.00. The maximum absolute atomic E-state index is 12.4. The van der Waals surface area contributed by atoms with Crippen molar-refractivity contribution in [3.8, 4) is 0 Å². The van der Waals surface area contributed by atoms with Gasteiger partial charge in [-0.3, -0.25) is 4.90 Å². The molecule has 0 radical (unpaired) electrons. The van der Waals surface area contributed by atoms with Gasteiger partial charge in [0.25, 0.3) is 0 Å². The number of hydrogen-bond acceptors (Lipinski definition) is 2. The lowest BCUT2D eigenvalue weighted by molar-refractivity contribution is -0.152. The summed E-state index contributed by atoms with van der Waals surface area (Å²) in [4.78, 5) is 1.48. The van der Waals surface area contributed by atoms with Gasteiger partial charge in [0.2, 0.25) is 0 Å². The van der Waals surface area contributed by atoms with Gasteiger partial charge in [0, 0.05) is 19.1 Å². The van der Waals surface area contributed by atoms with Crippen molar-refractivity contribution < 1.29 is 13.2 Å². The molecule has 0 rings (SSSR count). The second-order valence-corrected chi connectivity index (χ2v) is 5.56. The number of alkyl halides is 3. The van der Waals surface area contributed by atoms with Gasteiger partial charge in [-0.25, -0.2) is 0 Å². The molecule has 0 aromatic heterocycles. The molecule has 0 saturated carbocycles. The lowest BCUT2D eigenvalue weighted by Gasteiger charge is -2.35. The van der Waals surface area contributed by atoms with Crippen LogP contribution in [-0.4, -0.2) is 43.3 Å². The van der Waals surface area contributed by atoms with Gasteiger partial charge in [-0.1, -0.05) is 20.8 Å². The Bertz CT molecular complexity index is 212. The lowest BCUT2D eigenvalue weighted by atomic mass is 9.92. The molecule has 0 aliphatic carbocycles. The summed E-state index contributed by atoms with van der Waals surface area (Å²) < 4.78 is 37.3. The summed E-state index contributed by atoms with van der Waals surface area (Å²) in [6.45, 7) is 10.7. The summed E-state index contributed by atoms with van der Waals surface area (Å²) >= 11 is 0. The Labute approximate surface area is 103 Å². The molecule has 0 saturated heterocycles.